The minimum atomic E-state index is -0.125. The molecule has 140 valence electrons. The number of ether oxygens (including phenoxy) is 1. The van der Waals surface area contributed by atoms with Crippen molar-refractivity contribution in [2.24, 2.45) is 0 Å². The van der Waals surface area contributed by atoms with Crippen molar-refractivity contribution in [1.82, 2.24) is 10.2 Å². The molecule has 2 N–H and O–H groups in total. The van der Waals surface area contributed by atoms with Crippen LogP contribution in [0.4, 0.5) is 10.8 Å². The van der Waals surface area contributed by atoms with Crippen molar-refractivity contribution >= 4 is 39.8 Å². The van der Waals surface area contributed by atoms with E-state index in [0.29, 0.717) is 11.4 Å². The maximum Gasteiger partial charge on any atom is 0.234 e. The third-order valence-corrected chi connectivity index (χ3v) is 5.49. The Hall–Kier alpha value is -2.58. The standard InChI is InChI=1S/C19H20N4O2S2/c1-3-20-18-22-23-19(27-18)26-12-17(24)21-15-6-4-5-7-16(15)25-14-10-8-13(2)9-11-14/h4-11H,3,12H2,1-2H3,(H,20,22)(H,21,24). The lowest BCUT2D eigenvalue weighted by Crippen LogP contribution is -2.14. The van der Waals surface area contributed by atoms with Crippen LogP contribution >= 0.6 is 23.1 Å². The van der Waals surface area contributed by atoms with Crippen LogP contribution in [0.1, 0.15) is 12.5 Å². The van der Waals surface area contributed by atoms with Gasteiger partial charge in [0.2, 0.25) is 11.0 Å². The molecule has 0 atom stereocenters. The Morgan fingerprint density at radius 1 is 1.15 bits per heavy atom. The number of amides is 1. The van der Waals surface area contributed by atoms with Crippen LogP contribution in [0.25, 0.3) is 0 Å². The first-order chi connectivity index (χ1) is 13.1. The highest BCUT2D eigenvalue weighted by Gasteiger charge is 2.11. The number of para-hydroxylation sites is 2. The van der Waals surface area contributed by atoms with Crippen LogP contribution in [0.3, 0.4) is 0 Å². The van der Waals surface area contributed by atoms with Gasteiger partial charge < -0.3 is 15.4 Å². The zero-order valence-electron chi connectivity index (χ0n) is 15.1. The molecule has 3 rings (SSSR count). The highest BCUT2D eigenvalue weighted by Crippen LogP contribution is 2.30. The molecule has 3 aromatic rings. The van der Waals surface area contributed by atoms with Crippen molar-refractivity contribution in [3.63, 3.8) is 0 Å². The molecule has 0 fully saturated rings. The number of benzene rings is 2. The van der Waals surface area contributed by atoms with E-state index in [2.05, 4.69) is 20.8 Å². The van der Waals surface area contributed by atoms with Crippen LogP contribution in [0.15, 0.2) is 52.9 Å². The molecule has 0 radical (unpaired) electrons. The summed E-state index contributed by atoms with van der Waals surface area (Å²) >= 11 is 2.79. The van der Waals surface area contributed by atoms with Gasteiger partial charge in [0, 0.05) is 6.54 Å². The van der Waals surface area contributed by atoms with E-state index in [1.807, 2.05) is 62.4 Å². The zero-order chi connectivity index (χ0) is 19.1. The van der Waals surface area contributed by atoms with Gasteiger partial charge in [0.25, 0.3) is 0 Å². The largest absolute Gasteiger partial charge is 0.455 e. The van der Waals surface area contributed by atoms with Gasteiger partial charge in [-0.25, -0.2) is 0 Å². The van der Waals surface area contributed by atoms with E-state index in [1.165, 1.54) is 23.1 Å². The van der Waals surface area contributed by atoms with Gasteiger partial charge >= 0.3 is 0 Å². The Morgan fingerprint density at radius 3 is 2.70 bits per heavy atom. The average molecular weight is 401 g/mol. The molecule has 1 heterocycles. The van der Waals surface area contributed by atoms with E-state index in [-0.39, 0.29) is 11.7 Å². The number of hydrogen-bond donors (Lipinski definition) is 2. The fourth-order valence-corrected chi connectivity index (χ4v) is 3.82. The van der Waals surface area contributed by atoms with Gasteiger partial charge in [0.05, 0.1) is 11.4 Å². The molecule has 0 spiro atoms. The fourth-order valence-electron chi connectivity index (χ4n) is 2.20. The van der Waals surface area contributed by atoms with E-state index in [1.54, 1.807) is 0 Å². The van der Waals surface area contributed by atoms with Crippen molar-refractivity contribution in [1.29, 1.82) is 0 Å². The predicted octanol–water partition coefficient (Wildman–Crippen LogP) is 4.80. The second-order valence-electron chi connectivity index (χ2n) is 5.65. The van der Waals surface area contributed by atoms with Gasteiger partial charge in [-0.3, -0.25) is 4.79 Å². The van der Waals surface area contributed by atoms with Gasteiger partial charge in [-0.1, -0.05) is 52.9 Å². The summed E-state index contributed by atoms with van der Waals surface area (Å²) < 4.78 is 6.66. The lowest BCUT2D eigenvalue weighted by Gasteiger charge is -2.12. The SMILES string of the molecule is CCNc1nnc(SCC(=O)Nc2ccccc2Oc2ccc(C)cc2)s1. The average Bonchev–Trinajstić information content (AvgIpc) is 3.11. The Kier molecular flexibility index (Phi) is 6.67. The lowest BCUT2D eigenvalue weighted by molar-refractivity contribution is -0.113. The number of carbonyl (C=O) groups excluding carboxylic acids is 1. The summed E-state index contributed by atoms with van der Waals surface area (Å²) in [5, 5.41) is 14.8. The third kappa shape index (κ3) is 5.70. The van der Waals surface area contributed by atoms with E-state index in [0.717, 1.165) is 27.3 Å². The first-order valence-electron chi connectivity index (χ1n) is 8.47. The van der Waals surface area contributed by atoms with Crippen molar-refractivity contribution < 1.29 is 9.53 Å². The summed E-state index contributed by atoms with van der Waals surface area (Å²) in [7, 11) is 0. The summed E-state index contributed by atoms with van der Waals surface area (Å²) in [5.41, 5.74) is 1.80. The number of nitrogens with zero attached hydrogens (tertiary/aromatic N) is 2. The van der Waals surface area contributed by atoms with Crippen LogP contribution in [-0.2, 0) is 4.79 Å². The maximum absolute atomic E-state index is 12.3. The molecule has 2 aromatic carbocycles. The number of rotatable bonds is 8. The fraction of sp³-hybridized carbons (Fsp3) is 0.211. The van der Waals surface area contributed by atoms with Crippen LogP contribution in [0.5, 0.6) is 11.5 Å². The first kappa shape index (κ1) is 19.2. The van der Waals surface area contributed by atoms with Crippen LogP contribution in [-0.4, -0.2) is 28.4 Å². The molecule has 0 bridgehead atoms. The van der Waals surface area contributed by atoms with Crippen molar-refractivity contribution in [3.8, 4) is 11.5 Å². The summed E-state index contributed by atoms with van der Waals surface area (Å²) in [5.74, 6) is 1.45. The van der Waals surface area contributed by atoms with Gasteiger partial charge in [-0.15, -0.1) is 10.2 Å². The Balaban J connectivity index is 1.59. The summed E-state index contributed by atoms with van der Waals surface area (Å²) in [4.78, 5) is 12.3. The van der Waals surface area contributed by atoms with Crippen LogP contribution < -0.4 is 15.4 Å². The molecule has 0 aliphatic carbocycles. The molecule has 0 aliphatic heterocycles. The summed E-state index contributed by atoms with van der Waals surface area (Å²) in [6.07, 6.45) is 0. The van der Waals surface area contributed by atoms with E-state index in [4.69, 9.17) is 4.74 Å². The van der Waals surface area contributed by atoms with Gasteiger partial charge in [0.1, 0.15) is 5.75 Å². The smallest absolute Gasteiger partial charge is 0.234 e. The van der Waals surface area contributed by atoms with Crippen LogP contribution in [0.2, 0.25) is 0 Å². The first-order valence-corrected chi connectivity index (χ1v) is 10.3. The molecule has 6 nitrogen and oxygen atoms in total. The number of aryl methyl sites for hydroxylation is 1. The number of thioether (sulfide) groups is 1. The molecule has 1 aromatic heterocycles. The quantitative estimate of drug-likeness (QED) is 0.529. The number of aromatic nitrogens is 2. The lowest BCUT2D eigenvalue weighted by atomic mass is 10.2. The Bertz CT molecular complexity index is 897. The molecular formula is C19H20N4O2S2. The highest BCUT2D eigenvalue weighted by atomic mass is 32.2. The molecule has 0 unspecified atom stereocenters. The van der Waals surface area contributed by atoms with Crippen LogP contribution in [0, 0.1) is 6.92 Å². The molecule has 1 amide bonds. The molecule has 0 saturated heterocycles. The normalized spacial score (nSPS) is 10.4. The summed E-state index contributed by atoms with van der Waals surface area (Å²) in [6, 6.07) is 15.2. The van der Waals surface area contributed by atoms with Gasteiger partial charge in [-0.2, -0.15) is 0 Å². The molecular weight excluding hydrogens is 380 g/mol. The van der Waals surface area contributed by atoms with Crippen molar-refractivity contribution in [2.75, 3.05) is 22.9 Å². The number of anilines is 2. The molecule has 0 aliphatic rings. The molecule has 0 saturated carbocycles. The monoisotopic (exact) mass is 400 g/mol. The third-order valence-electron chi connectivity index (χ3n) is 3.47. The van der Waals surface area contributed by atoms with E-state index in [9.17, 15) is 4.79 Å². The molecule has 27 heavy (non-hydrogen) atoms. The van der Waals surface area contributed by atoms with Gasteiger partial charge in [-0.05, 0) is 38.1 Å². The summed E-state index contributed by atoms with van der Waals surface area (Å²) in [6.45, 7) is 4.81. The van der Waals surface area contributed by atoms with Gasteiger partial charge in [0.15, 0.2) is 10.1 Å². The number of nitrogens with one attached hydrogen (secondary N) is 2. The molecule has 8 heteroatoms. The van der Waals surface area contributed by atoms with E-state index < -0.39 is 0 Å². The minimum Gasteiger partial charge on any atom is -0.455 e. The van der Waals surface area contributed by atoms with Crippen molar-refractivity contribution in [3.05, 3.63) is 54.1 Å². The van der Waals surface area contributed by atoms with Crippen molar-refractivity contribution in [2.45, 2.75) is 18.2 Å². The predicted molar refractivity (Wildman–Crippen MR) is 111 cm³/mol. The Labute approximate surface area is 166 Å². The minimum absolute atomic E-state index is 0.125. The maximum atomic E-state index is 12.3. The number of carbonyl (C=O) groups is 1. The zero-order valence-corrected chi connectivity index (χ0v) is 16.7. The number of hydrogen-bond acceptors (Lipinski definition) is 7. The topological polar surface area (TPSA) is 76.1 Å². The second-order valence-corrected chi connectivity index (χ2v) is 7.85. The van der Waals surface area contributed by atoms with E-state index >= 15 is 0 Å². The highest BCUT2D eigenvalue weighted by molar-refractivity contribution is 8.01. The Morgan fingerprint density at radius 2 is 1.93 bits per heavy atom. The second kappa shape index (κ2) is 9.38.